The van der Waals surface area contributed by atoms with Crippen molar-refractivity contribution in [3.63, 3.8) is 0 Å². The minimum Gasteiger partial charge on any atom is -0.312 e. The highest BCUT2D eigenvalue weighted by atomic mass is 79.9. The van der Waals surface area contributed by atoms with Crippen molar-refractivity contribution >= 4 is 37.5 Å². The second-order valence-electron chi connectivity index (χ2n) is 6.42. The SMILES string of the molecule is CCN1C(=O)CCc2cc(CNS(=O)(=O)Cc3ccc(F)cc3Br)ccc21. The zero-order valence-corrected chi connectivity index (χ0v) is 17.2. The Balaban J connectivity index is 1.70. The van der Waals surface area contributed by atoms with Crippen molar-refractivity contribution in [3.05, 3.63) is 63.4 Å². The molecule has 0 spiro atoms. The molecule has 5 nitrogen and oxygen atoms in total. The third-order valence-corrected chi connectivity index (χ3v) is 6.53. The third kappa shape index (κ3) is 4.75. The van der Waals surface area contributed by atoms with Gasteiger partial charge in [0.15, 0.2) is 0 Å². The molecule has 0 radical (unpaired) electrons. The van der Waals surface area contributed by atoms with Crippen molar-refractivity contribution in [2.75, 3.05) is 11.4 Å². The van der Waals surface area contributed by atoms with Crippen molar-refractivity contribution < 1.29 is 17.6 Å². The monoisotopic (exact) mass is 454 g/mol. The van der Waals surface area contributed by atoms with Crippen molar-refractivity contribution in [2.24, 2.45) is 0 Å². The van der Waals surface area contributed by atoms with E-state index in [2.05, 4.69) is 20.7 Å². The van der Waals surface area contributed by atoms with Crippen LogP contribution in [0, 0.1) is 5.82 Å². The summed E-state index contributed by atoms with van der Waals surface area (Å²) in [6, 6.07) is 9.58. The molecule has 1 N–H and O–H groups in total. The van der Waals surface area contributed by atoms with Crippen LogP contribution in [0.5, 0.6) is 0 Å². The first-order chi connectivity index (χ1) is 12.8. The van der Waals surface area contributed by atoms with Gasteiger partial charge in [-0.05, 0) is 48.2 Å². The smallest absolute Gasteiger partial charge is 0.227 e. The molecule has 3 rings (SSSR count). The average molecular weight is 455 g/mol. The highest BCUT2D eigenvalue weighted by Crippen LogP contribution is 2.28. The minimum absolute atomic E-state index is 0.114. The molecule has 1 heterocycles. The predicted molar refractivity (Wildman–Crippen MR) is 106 cm³/mol. The van der Waals surface area contributed by atoms with E-state index in [-0.39, 0.29) is 18.2 Å². The molecule has 2 aromatic carbocycles. The number of nitrogens with zero attached hydrogens (tertiary/aromatic N) is 1. The second-order valence-corrected chi connectivity index (χ2v) is 9.08. The summed E-state index contributed by atoms with van der Waals surface area (Å²) >= 11 is 3.19. The van der Waals surface area contributed by atoms with Gasteiger partial charge in [0.2, 0.25) is 15.9 Å². The van der Waals surface area contributed by atoms with Gasteiger partial charge >= 0.3 is 0 Å². The van der Waals surface area contributed by atoms with Crippen molar-refractivity contribution in [1.82, 2.24) is 4.72 Å². The second kappa shape index (κ2) is 8.08. The fourth-order valence-corrected chi connectivity index (χ4v) is 4.98. The van der Waals surface area contributed by atoms with Crippen molar-refractivity contribution in [3.8, 4) is 0 Å². The lowest BCUT2D eigenvalue weighted by Gasteiger charge is -2.28. The zero-order valence-electron chi connectivity index (χ0n) is 14.8. The van der Waals surface area contributed by atoms with Crippen LogP contribution in [-0.4, -0.2) is 20.9 Å². The first-order valence-electron chi connectivity index (χ1n) is 8.62. The quantitative estimate of drug-likeness (QED) is 0.725. The van der Waals surface area contributed by atoms with Gasteiger partial charge in [-0.2, -0.15) is 0 Å². The highest BCUT2D eigenvalue weighted by molar-refractivity contribution is 9.10. The van der Waals surface area contributed by atoms with Gasteiger partial charge in [-0.25, -0.2) is 17.5 Å². The van der Waals surface area contributed by atoms with E-state index in [9.17, 15) is 17.6 Å². The van der Waals surface area contributed by atoms with E-state index in [1.54, 1.807) is 4.90 Å². The van der Waals surface area contributed by atoms with Gasteiger partial charge in [0.05, 0.1) is 5.75 Å². The number of hydrogen-bond acceptors (Lipinski definition) is 3. The van der Waals surface area contributed by atoms with Crippen LogP contribution in [0.1, 0.15) is 30.0 Å². The minimum atomic E-state index is -3.58. The number of amides is 1. The highest BCUT2D eigenvalue weighted by Gasteiger charge is 2.23. The lowest BCUT2D eigenvalue weighted by Crippen LogP contribution is -2.34. The standard InChI is InChI=1S/C19H20BrFN2O3S/c1-2-23-18-7-3-13(9-14(18)5-8-19(23)24)11-22-27(25,26)12-15-4-6-16(21)10-17(15)20/h3-4,6-7,9-10,22H,2,5,8,11-12H2,1H3. The van der Waals surface area contributed by atoms with Crippen LogP contribution in [0.4, 0.5) is 10.1 Å². The normalized spacial score (nSPS) is 14.3. The number of anilines is 1. The molecule has 0 fully saturated rings. The van der Waals surface area contributed by atoms with E-state index < -0.39 is 15.8 Å². The number of rotatable bonds is 6. The molecule has 8 heteroatoms. The summed E-state index contributed by atoms with van der Waals surface area (Å²) in [6.07, 6.45) is 1.13. The number of hydrogen-bond donors (Lipinski definition) is 1. The number of nitrogens with one attached hydrogen (secondary N) is 1. The Morgan fingerprint density at radius 3 is 2.67 bits per heavy atom. The molecule has 0 unspecified atom stereocenters. The Morgan fingerprint density at radius 2 is 1.96 bits per heavy atom. The van der Waals surface area contributed by atoms with Crippen LogP contribution in [-0.2, 0) is 33.5 Å². The van der Waals surface area contributed by atoms with Crippen molar-refractivity contribution in [1.29, 1.82) is 0 Å². The number of halogens is 2. The van der Waals surface area contributed by atoms with E-state index in [0.717, 1.165) is 16.8 Å². The molecule has 0 aromatic heterocycles. The molecule has 27 heavy (non-hydrogen) atoms. The number of carbonyl (C=O) groups excluding carboxylic acids is 1. The maximum Gasteiger partial charge on any atom is 0.227 e. The molecule has 1 aliphatic rings. The van der Waals surface area contributed by atoms with Gasteiger partial charge in [0.1, 0.15) is 5.82 Å². The summed E-state index contributed by atoms with van der Waals surface area (Å²) in [5, 5.41) is 0. The van der Waals surface area contributed by atoms with Crippen LogP contribution in [0.3, 0.4) is 0 Å². The fraction of sp³-hybridized carbons (Fsp3) is 0.316. The van der Waals surface area contributed by atoms with Crippen LogP contribution in [0.15, 0.2) is 40.9 Å². The van der Waals surface area contributed by atoms with Crippen molar-refractivity contribution in [2.45, 2.75) is 32.1 Å². The summed E-state index contributed by atoms with van der Waals surface area (Å²) < 4.78 is 40.9. The molecule has 144 valence electrons. The van der Waals surface area contributed by atoms with Gasteiger partial charge in [-0.15, -0.1) is 0 Å². The Labute approximate surface area is 166 Å². The molecule has 0 aliphatic carbocycles. The molecule has 2 aromatic rings. The number of carbonyl (C=O) groups is 1. The molecular weight excluding hydrogens is 435 g/mol. The Bertz CT molecular complexity index is 979. The molecule has 0 saturated heterocycles. The summed E-state index contributed by atoms with van der Waals surface area (Å²) in [5.41, 5.74) is 3.28. The third-order valence-electron chi connectivity index (χ3n) is 4.52. The van der Waals surface area contributed by atoms with Crippen LogP contribution in [0.25, 0.3) is 0 Å². The summed E-state index contributed by atoms with van der Waals surface area (Å²) in [4.78, 5) is 13.7. The Hall–Kier alpha value is -1.77. The topological polar surface area (TPSA) is 66.5 Å². The molecule has 1 amide bonds. The van der Waals surface area contributed by atoms with E-state index in [1.165, 1.54) is 18.2 Å². The average Bonchev–Trinajstić information content (AvgIpc) is 2.62. The lowest BCUT2D eigenvalue weighted by molar-refractivity contribution is -0.118. The Morgan fingerprint density at radius 1 is 1.19 bits per heavy atom. The fourth-order valence-electron chi connectivity index (χ4n) is 3.16. The number of aryl methyl sites for hydroxylation is 1. The van der Waals surface area contributed by atoms with Crippen LogP contribution in [0.2, 0.25) is 0 Å². The van der Waals surface area contributed by atoms with E-state index >= 15 is 0 Å². The molecular formula is C19H20BrFN2O3S. The summed E-state index contributed by atoms with van der Waals surface area (Å²) in [7, 11) is -3.58. The molecule has 1 aliphatic heterocycles. The molecule has 0 bridgehead atoms. The van der Waals surface area contributed by atoms with Gasteiger partial charge in [-0.3, -0.25) is 4.79 Å². The van der Waals surface area contributed by atoms with Gasteiger partial charge in [0, 0.05) is 29.7 Å². The maximum atomic E-state index is 13.1. The van der Waals surface area contributed by atoms with E-state index in [1.807, 2.05) is 25.1 Å². The van der Waals surface area contributed by atoms with E-state index in [4.69, 9.17) is 0 Å². The lowest BCUT2D eigenvalue weighted by atomic mass is 9.99. The predicted octanol–water partition coefficient (Wildman–Crippen LogP) is 3.51. The number of benzene rings is 2. The van der Waals surface area contributed by atoms with E-state index in [0.29, 0.717) is 29.4 Å². The summed E-state index contributed by atoms with van der Waals surface area (Å²) in [5.74, 6) is -0.551. The zero-order chi connectivity index (χ0) is 19.6. The first-order valence-corrected chi connectivity index (χ1v) is 11.1. The number of sulfonamides is 1. The van der Waals surface area contributed by atoms with Gasteiger partial charge < -0.3 is 4.90 Å². The first kappa shape index (κ1) is 20.0. The molecule has 0 atom stereocenters. The number of fused-ring (bicyclic) bond motifs is 1. The van der Waals surface area contributed by atoms with Crippen LogP contribution < -0.4 is 9.62 Å². The summed E-state index contributed by atoms with van der Waals surface area (Å²) in [6.45, 7) is 2.71. The van der Waals surface area contributed by atoms with Gasteiger partial charge in [-0.1, -0.05) is 34.1 Å². The Kier molecular flexibility index (Phi) is 5.98. The molecule has 0 saturated carbocycles. The largest absolute Gasteiger partial charge is 0.312 e. The maximum absolute atomic E-state index is 13.1. The van der Waals surface area contributed by atoms with Gasteiger partial charge in [0.25, 0.3) is 0 Å². The van der Waals surface area contributed by atoms with Crippen LogP contribution >= 0.6 is 15.9 Å².